The van der Waals surface area contributed by atoms with Crippen LogP contribution in [0.4, 0.5) is 5.69 Å². The number of anilines is 1. The molecule has 1 aliphatic heterocycles. The van der Waals surface area contributed by atoms with Gasteiger partial charge in [0.1, 0.15) is 0 Å². The lowest BCUT2D eigenvalue weighted by Crippen LogP contribution is -2.50. The molecule has 2 aromatic carbocycles. The van der Waals surface area contributed by atoms with Crippen molar-refractivity contribution in [3.05, 3.63) is 69.2 Å². The molecule has 1 N–H and O–H groups in total. The Morgan fingerprint density at radius 3 is 2.56 bits per heavy atom. The highest BCUT2D eigenvalue weighted by molar-refractivity contribution is 6.30. The highest BCUT2D eigenvalue weighted by Crippen LogP contribution is 2.28. The van der Waals surface area contributed by atoms with E-state index in [4.69, 9.17) is 11.6 Å². The van der Waals surface area contributed by atoms with Crippen molar-refractivity contribution in [2.24, 2.45) is 0 Å². The fourth-order valence-electron chi connectivity index (χ4n) is 4.52. The summed E-state index contributed by atoms with van der Waals surface area (Å²) in [6, 6.07) is 11.9. The van der Waals surface area contributed by atoms with Crippen molar-refractivity contribution in [1.29, 1.82) is 0 Å². The van der Waals surface area contributed by atoms with E-state index in [0.717, 1.165) is 36.4 Å². The zero-order valence-electron chi connectivity index (χ0n) is 19.2. The largest absolute Gasteiger partial charge is 0.390 e. The van der Waals surface area contributed by atoms with Gasteiger partial charge >= 0.3 is 0 Å². The van der Waals surface area contributed by atoms with Crippen LogP contribution in [-0.2, 0) is 13.0 Å². The van der Waals surface area contributed by atoms with Crippen LogP contribution in [0.5, 0.6) is 0 Å². The van der Waals surface area contributed by atoms with Gasteiger partial charge in [-0.1, -0.05) is 23.7 Å². The molecule has 0 aliphatic carbocycles. The Morgan fingerprint density at radius 2 is 1.91 bits per heavy atom. The smallest absolute Gasteiger partial charge is 0.261 e. The first-order valence-electron chi connectivity index (χ1n) is 11.0. The Hall–Kier alpha value is -2.41. The van der Waals surface area contributed by atoms with Crippen LogP contribution in [0, 0.1) is 0 Å². The molecular formula is C25H31ClN4O2. The summed E-state index contributed by atoms with van der Waals surface area (Å²) in [7, 11) is 2.13. The Morgan fingerprint density at radius 1 is 1.19 bits per heavy atom. The number of piperazine rings is 1. The van der Waals surface area contributed by atoms with E-state index in [-0.39, 0.29) is 5.56 Å². The molecule has 3 aromatic rings. The van der Waals surface area contributed by atoms with Crippen molar-refractivity contribution in [3.63, 3.8) is 0 Å². The van der Waals surface area contributed by atoms with Crippen LogP contribution >= 0.6 is 11.6 Å². The Labute approximate surface area is 194 Å². The molecule has 0 radical (unpaired) electrons. The SMILES string of the molecule is C[C@@H]1CN(C)CCN1c1cc(CC(C)(C)O)c2ncn(Cc3ccc(Cl)cc3)c(=O)c2c1. The van der Waals surface area contributed by atoms with Crippen LogP contribution in [0.25, 0.3) is 10.9 Å². The van der Waals surface area contributed by atoms with E-state index >= 15 is 0 Å². The molecule has 1 aliphatic rings. The molecule has 1 aromatic heterocycles. The van der Waals surface area contributed by atoms with Crippen LogP contribution < -0.4 is 10.5 Å². The molecular weight excluding hydrogens is 424 g/mol. The van der Waals surface area contributed by atoms with Crippen molar-refractivity contribution in [3.8, 4) is 0 Å². The number of aliphatic hydroxyl groups is 1. The van der Waals surface area contributed by atoms with Gasteiger partial charge in [-0.15, -0.1) is 0 Å². The van der Waals surface area contributed by atoms with E-state index in [0.29, 0.717) is 34.9 Å². The van der Waals surface area contributed by atoms with Gasteiger partial charge in [0.2, 0.25) is 0 Å². The molecule has 32 heavy (non-hydrogen) atoms. The molecule has 2 heterocycles. The van der Waals surface area contributed by atoms with Crippen molar-refractivity contribution in [2.45, 2.75) is 45.4 Å². The molecule has 1 fully saturated rings. The predicted molar refractivity (Wildman–Crippen MR) is 131 cm³/mol. The zero-order valence-corrected chi connectivity index (χ0v) is 19.9. The highest BCUT2D eigenvalue weighted by atomic mass is 35.5. The van der Waals surface area contributed by atoms with E-state index in [1.807, 2.05) is 30.3 Å². The van der Waals surface area contributed by atoms with Crippen LogP contribution in [-0.4, -0.2) is 57.9 Å². The zero-order chi connectivity index (χ0) is 23.0. The molecule has 0 amide bonds. The number of likely N-dealkylation sites (N-methyl/N-ethyl adjacent to an activating group) is 1. The second kappa shape index (κ2) is 8.85. The maximum Gasteiger partial charge on any atom is 0.261 e. The van der Waals surface area contributed by atoms with Gasteiger partial charge < -0.3 is 14.9 Å². The standard InChI is InChI=1S/C25H31ClN4O2/c1-17-14-28(4)9-10-30(17)21-11-19(13-25(2,3)32)23-22(12-21)24(31)29(16-27-23)15-18-5-7-20(26)8-6-18/h5-8,11-12,16-17,32H,9-10,13-15H2,1-4H3/t17-/m1/s1. The molecule has 0 unspecified atom stereocenters. The maximum absolute atomic E-state index is 13.5. The van der Waals surface area contributed by atoms with E-state index in [2.05, 4.69) is 34.8 Å². The van der Waals surface area contributed by atoms with Gasteiger partial charge in [-0.2, -0.15) is 0 Å². The van der Waals surface area contributed by atoms with E-state index in [1.54, 1.807) is 24.7 Å². The molecule has 1 atom stereocenters. The first-order valence-corrected chi connectivity index (χ1v) is 11.4. The number of fused-ring (bicyclic) bond motifs is 1. The van der Waals surface area contributed by atoms with Gasteiger partial charge in [-0.3, -0.25) is 9.36 Å². The number of hydrogen-bond acceptors (Lipinski definition) is 5. The first kappa shape index (κ1) is 22.8. The van der Waals surface area contributed by atoms with Gasteiger partial charge in [0, 0.05) is 42.8 Å². The molecule has 0 saturated carbocycles. The topological polar surface area (TPSA) is 61.6 Å². The summed E-state index contributed by atoms with van der Waals surface area (Å²) < 4.78 is 1.64. The van der Waals surface area contributed by atoms with E-state index in [1.165, 1.54) is 0 Å². The predicted octanol–water partition coefficient (Wildman–Crippen LogP) is 3.55. The van der Waals surface area contributed by atoms with Gasteiger partial charge in [-0.05, 0) is 63.2 Å². The second-order valence-corrected chi connectivity index (χ2v) is 10.0. The summed E-state index contributed by atoms with van der Waals surface area (Å²) in [5, 5.41) is 11.8. The first-order chi connectivity index (χ1) is 15.1. The Bertz CT molecular complexity index is 1170. The van der Waals surface area contributed by atoms with Gasteiger partial charge in [0.25, 0.3) is 5.56 Å². The fraction of sp³-hybridized carbons (Fsp3) is 0.440. The average molecular weight is 455 g/mol. The van der Waals surface area contributed by atoms with E-state index < -0.39 is 5.60 Å². The molecule has 0 bridgehead atoms. The lowest BCUT2D eigenvalue weighted by molar-refractivity contribution is 0.0813. The second-order valence-electron chi connectivity index (χ2n) is 9.60. The van der Waals surface area contributed by atoms with E-state index in [9.17, 15) is 9.90 Å². The monoisotopic (exact) mass is 454 g/mol. The van der Waals surface area contributed by atoms with Crippen molar-refractivity contribution in [2.75, 3.05) is 31.6 Å². The summed E-state index contributed by atoms with van der Waals surface area (Å²) in [6.45, 7) is 9.03. The third kappa shape index (κ3) is 4.98. The summed E-state index contributed by atoms with van der Waals surface area (Å²) in [5.74, 6) is 0. The number of nitrogens with zero attached hydrogens (tertiary/aromatic N) is 4. The highest BCUT2D eigenvalue weighted by Gasteiger charge is 2.25. The van der Waals surface area contributed by atoms with Crippen LogP contribution in [0.15, 0.2) is 47.5 Å². The summed E-state index contributed by atoms with van der Waals surface area (Å²) in [6.07, 6.45) is 2.03. The number of benzene rings is 2. The van der Waals surface area contributed by atoms with Gasteiger partial charge in [0.05, 0.1) is 29.4 Å². The Kier molecular flexibility index (Phi) is 6.30. The van der Waals surface area contributed by atoms with Gasteiger partial charge in [0.15, 0.2) is 0 Å². The third-order valence-corrected chi connectivity index (χ3v) is 6.29. The summed E-state index contributed by atoms with van der Waals surface area (Å²) in [5.41, 5.74) is 2.57. The molecule has 170 valence electrons. The lowest BCUT2D eigenvalue weighted by atomic mass is 9.95. The summed E-state index contributed by atoms with van der Waals surface area (Å²) in [4.78, 5) is 22.8. The number of rotatable bonds is 5. The number of aromatic nitrogens is 2. The molecule has 4 rings (SSSR count). The third-order valence-electron chi connectivity index (χ3n) is 6.04. The number of hydrogen-bond donors (Lipinski definition) is 1. The molecule has 6 nitrogen and oxygen atoms in total. The quantitative estimate of drug-likeness (QED) is 0.638. The van der Waals surface area contributed by atoms with Crippen molar-refractivity contribution < 1.29 is 5.11 Å². The van der Waals surface area contributed by atoms with Crippen LogP contribution in [0.1, 0.15) is 31.9 Å². The minimum absolute atomic E-state index is 0.0782. The lowest BCUT2D eigenvalue weighted by Gasteiger charge is -2.40. The minimum Gasteiger partial charge on any atom is -0.390 e. The minimum atomic E-state index is -0.904. The Balaban J connectivity index is 1.81. The molecule has 1 saturated heterocycles. The van der Waals surface area contributed by atoms with Gasteiger partial charge in [-0.25, -0.2) is 4.98 Å². The molecule has 7 heteroatoms. The maximum atomic E-state index is 13.5. The fourth-order valence-corrected chi connectivity index (χ4v) is 4.64. The normalized spacial score (nSPS) is 17.8. The van der Waals surface area contributed by atoms with Crippen molar-refractivity contribution in [1.82, 2.24) is 14.5 Å². The summed E-state index contributed by atoms with van der Waals surface area (Å²) >= 11 is 6.00. The van der Waals surface area contributed by atoms with Crippen LogP contribution in [0.3, 0.4) is 0 Å². The van der Waals surface area contributed by atoms with Crippen molar-refractivity contribution >= 4 is 28.2 Å². The number of halogens is 1. The van der Waals surface area contributed by atoms with Crippen LogP contribution in [0.2, 0.25) is 5.02 Å². The molecule has 0 spiro atoms. The average Bonchev–Trinajstić information content (AvgIpc) is 2.71.